The largest absolute Gasteiger partial charge is 0.321 e. The topological polar surface area (TPSA) is 114 Å². The predicted octanol–water partition coefficient (Wildman–Crippen LogP) is 7.71. The lowest BCUT2D eigenvalue weighted by atomic mass is 10.0. The number of hydrogen-bond donors (Lipinski definition) is 3. The highest BCUT2D eigenvalue weighted by Crippen LogP contribution is 2.37. The van der Waals surface area contributed by atoms with Crippen LogP contribution in [0.25, 0.3) is 6.08 Å². The Hall–Kier alpha value is -5.47. The lowest BCUT2D eigenvalue weighted by Crippen LogP contribution is -2.30. The van der Waals surface area contributed by atoms with Gasteiger partial charge >= 0.3 is 0 Å². The summed E-state index contributed by atoms with van der Waals surface area (Å²) in [5.41, 5.74) is 4.62. The molecule has 1 atom stereocenters. The van der Waals surface area contributed by atoms with E-state index < -0.39 is 17.1 Å². The minimum atomic E-state index is -0.487. The van der Waals surface area contributed by atoms with Gasteiger partial charge in [-0.15, -0.1) is 23.1 Å². The standard InChI is InChI=1S/C40H35N5O3S2/c1-27(37(46)44-40-34(24-41)33-20-21-45(26-36(33)50-40)25-29-14-7-3-8-15-29)49-32-19-11-18-31(23-32)42-39(48)35(22-28-12-5-2-6-13-28)43-38(47)30-16-9-4-10-17-30/h2-19,22-23,27H,20-21,25-26H2,1H3,(H,42,48)(H,43,47)(H,44,46)/b35-22-. The van der Waals surface area contributed by atoms with Gasteiger partial charge in [-0.25, -0.2) is 0 Å². The molecule has 5 aromatic rings. The smallest absolute Gasteiger partial charge is 0.272 e. The zero-order valence-electron chi connectivity index (χ0n) is 27.4. The van der Waals surface area contributed by atoms with Crippen molar-refractivity contribution < 1.29 is 14.4 Å². The minimum absolute atomic E-state index is 0.0889. The van der Waals surface area contributed by atoms with E-state index >= 15 is 0 Å². The Kier molecular flexibility index (Phi) is 11.2. The van der Waals surface area contributed by atoms with Crippen LogP contribution in [0.2, 0.25) is 0 Å². The van der Waals surface area contributed by atoms with E-state index in [0.717, 1.165) is 47.0 Å². The van der Waals surface area contributed by atoms with E-state index in [1.54, 1.807) is 48.5 Å². The first-order chi connectivity index (χ1) is 24.4. The maximum Gasteiger partial charge on any atom is 0.272 e. The predicted molar refractivity (Wildman–Crippen MR) is 201 cm³/mol. The van der Waals surface area contributed by atoms with Crippen LogP contribution in [0.3, 0.4) is 0 Å². The van der Waals surface area contributed by atoms with Crippen LogP contribution in [0.1, 0.15) is 44.4 Å². The molecule has 1 aliphatic heterocycles. The van der Waals surface area contributed by atoms with E-state index in [0.29, 0.717) is 21.8 Å². The minimum Gasteiger partial charge on any atom is -0.321 e. The van der Waals surface area contributed by atoms with Crippen molar-refractivity contribution in [3.8, 4) is 6.07 Å². The molecule has 10 heteroatoms. The Bertz CT molecular complexity index is 2060. The molecule has 250 valence electrons. The van der Waals surface area contributed by atoms with E-state index in [4.69, 9.17) is 0 Å². The van der Waals surface area contributed by atoms with Crippen molar-refractivity contribution in [2.45, 2.75) is 36.6 Å². The number of carbonyl (C=O) groups is 3. The lowest BCUT2D eigenvalue weighted by Gasteiger charge is -2.26. The summed E-state index contributed by atoms with van der Waals surface area (Å²) in [6.45, 7) is 4.23. The maximum atomic E-state index is 13.5. The van der Waals surface area contributed by atoms with Crippen LogP contribution in [0.4, 0.5) is 10.7 Å². The summed E-state index contributed by atoms with van der Waals surface area (Å²) >= 11 is 2.83. The number of amides is 3. The fourth-order valence-electron chi connectivity index (χ4n) is 5.61. The zero-order valence-corrected chi connectivity index (χ0v) is 29.0. The molecule has 50 heavy (non-hydrogen) atoms. The number of anilines is 2. The average Bonchev–Trinajstić information content (AvgIpc) is 3.48. The van der Waals surface area contributed by atoms with E-state index in [9.17, 15) is 19.6 Å². The number of rotatable bonds is 11. The third kappa shape index (κ3) is 8.76. The van der Waals surface area contributed by atoms with Gasteiger partial charge in [-0.3, -0.25) is 19.3 Å². The van der Waals surface area contributed by atoms with Crippen molar-refractivity contribution in [3.05, 3.63) is 154 Å². The summed E-state index contributed by atoms with van der Waals surface area (Å²) in [6.07, 6.45) is 2.39. The number of nitrogens with one attached hydrogen (secondary N) is 3. The van der Waals surface area contributed by atoms with Crippen molar-refractivity contribution in [1.29, 1.82) is 5.26 Å². The summed E-state index contributed by atoms with van der Waals surface area (Å²) in [5.74, 6) is -1.10. The molecule has 2 heterocycles. The average molecular weight is 698 g/mol. The first-order valence-corrected chi connectivity index (χ1v) is 17.9. The summed E-state index contributed by atoms with van der Waals surface area (Å²) in [5, 5.41) is 18.8. The van der Waals surface area contributed by atoms with E-state index in [1.165, 1.54) is 28.7 Å². The van der Waals surface area contributed by atoms with Crippen molar-refractivity contribution in [1.82, 2.24) is 10.2 Å². The first-order valence-electron chi connectivity index (χ1n) is 16.2. The Balaban J connectivity index is 1.10. The molecule has 0 aliphatic carbocycles. The second-order valence-electron chi connectivity index (χ2n) is 11.8. The molecule has 8 nitrogen and oxygen atoms in total. The fraction of sp³-hybridized carbons (Fsp3) is 0.150. The molecule has 1 unspecified atom stereocenters. The van der Waals surface area contributed by atoms with Gasteiger partial charge in [0.25, 0.3) is 11.8 Å². The SMILES string of the molecule is CC(Sc1cccc(NC(=O)/C(=C/c2ccccc2)NC(=O)c2ccccc2)c1)C(=O)Nc1sc2c(c1C#N)CCN(Cc1ccccc1)C2. The van der Waals surface area contributed by atoms with Crippen LogP contribution >= 0.6 is 23.1 Å². The van der Waals surface area contributed by atoms with Gasteiger partial charge in [0.05, 0.1) is 10.8 Å². The third-order valence-corrected chi connectivity index (χ3v) is 10.4. The highest BCUT2D eigenvalue weighted by atomic mass is 32.2. The second kappa shape index (κ2) is 16.3. The molecule has 3 N–H and O–H groups in total. The number of thiophene rings is 1. The summed E-state index contributed by atoms with van der Waals surface area (Å²) in [7, 11) is 0. The van der Waals surface area contributed by atoms with E-state index in [2.05, 4.69) is 39.1 Å². The molecule has 1 aromatic heterocycles. The quantitative estimate of drug-likeness (QED) is 0.0963. The highest BCUT2D eigenvalue weighted by molar-refractivity contribution is 8.00. The number of fused-ring (bicyclic) bond motifs is 1. The van der Waals surface area contributed by atoms with Gasteiger partial charge in [0, 0.05) is 40.7 Å². The summed E-state index contributed by atoms with van der Waals surface area (Å²) in [6, 6.07) is 37.8. The van der Waals surface area contributed by atoms with Gasteiger partial charge in [-0.2, -0.15) is 5.26 Å². The van der Waals surface area contributed by atoms with Gasteiger partial charge < -0.3 is 16.0 Å². The van der Waals surface area contributed by atoms with Crippen LogP contribution < -0.4 is 16.0 Å². The van der Waals surface area contributed by atoms with Gasteiger partial charge in [0.2, 0.25) is 5.91 Å². The number of benzene rings is 4. The van der Waals surface area contributed by atoms with Crippen LogP contribution in [-0.2, 0) is 29.1 Å². The monoisotopic (exact) mass is 697 g/mol. The van der Waals surface area contributed by atoms with E-state index in [1.807, 2.05) is 67.6 Å². The van der Waals surface area contributed by atoms with Crippen molar-refractivity contribution in [3.63, 3.8) is 0 Å². The van der Waals surface area contributed by atoms with Crippen LogP contribution in [0, 0.1) is 11.3 Å². The number of carbonyl (C=O) groups excluding carboxylic acids is 3. The molecule has 0 saturated carbocycles. The number of nitrogens with zero attached hydrogens (tertiary/aromatic N) is 2. The molecule has 1 aliphatic rings. The van der Waals surface area contributed by atoms with Crippen molar-refractivity contribution in [2.75, 3.05) is 17.2 Å². The Morgan fingerprint density at radius 1 is 0.920 bits per heavy atom. The molecule has 6 rings (SSSR count). The third-order valence-electron chi connectivity index (χ3n) is 8.15. The van der Waals surface area contributed by atoms with Crippen molar-refractivity contribution in [2.24, 2.45) is 0 Å². The summed E-state index contributed by atoms with van der Waals surface area (Å²) in [4.78, 5) is 44.1. The van der Waals surface area contributed by atoms with Gasteiger partial charge in [-0.1, -0.05) is 84.9 Å². The molecule has 0 spiro atoms. The highest BCUT2D eigenvalue weighted by Gasteiger charge is 2.26. The molecule has 3 amide bonds. The maximum absolute atomic E-state index is 13.5. The fourth-order valence-corrected chi connectivity index (χ4v) is 7.78. The zero-order chi connectivity index (χ0) is 34.9. The number of hydrogen-bond acceptors (Lipinski definition) is 7. The molecule has 0 radical (unpaired) electrons. The number of nitriles is 1. The Labute approximate surface area is 299 Å². The van der Waals surface area contributed by atoms with Crippen molar-refractivity contribution >= 4 is 57.6 Å². The second-order valence-corrected chi connectivity index (χ2v) is 14.3. The van der Waals surface area contributed by atoms with Gasteiger partial charge in [0.15, 0.2) is 0 Å². The van der Waals surface area contributed by atoms with E-state index in [-0.39, 0.29) is 11.6 Å². The first kappa shape index (κ1) is 34.4. The molecule has 0 bridgehead atoms. The molecular formula is C40H35N5O3S2. The number of thioether (sulfide) groups is 1. The normalized spacial score (nSPS) is 13.4. The van der Waals surface area contributed by atoms with Gasteiger partial charge in [0.1, 0.15) is 16.8 Å². The van der Waals surface area contributed by atoms with Crippen LogP contribution in [0.5, 0.6) is 0 Å². The Morgan fingerprint density at radius 3 is 2.34 bits per heavy atom. The molecular weight excluding hydrogens is 663 g/mol. The Morgan fingerprint density at radius 2 is 1.62 bits per heavy atom. The summed E-state index contributed by atoms with van der Waals surface area (Å²) < 4.78 is 0. The molecule has 0 saturated heterocycles. The molecule has 4 aromatic carbocycles. The van der Waals surface area contributed by atoms with Gasteiger partial charge in [-0.05, 0) is 66.4 Å². The lowest BCUT2D eigenvalue weighted by molar-refractivity contribution is -0.115. The van der Waals surface area contributed by atoms with Crippen LogP contribution in [0.15, 0.2) is 126 Å². The molecule has 0 fully saturated rings. The van der Waals surface area contributed by atoms with Crippen LogP contribution in [-0.4, -0.2) is 34.4 Å².